The molecule has 3 aromatic rings. The fraction of sp³-hybridized carbons (Fsp3) is 0.267. The first kappa shape index (κ1) is 27.8. The second-order valence-electron chi connectivity index (χ2n) is 10.1. The number of carbonyl (C=O) groups is 4. The van der Waals surface area contributed by atoms with Crippen LogP contribution in [0.5, 0.6) is 0 Å². The maximum Gasteiger partial charge on any atom is 0.311 e. The van der Waals surface area contributed by atoms with Gasteiger partial charge in [0, 0.05) is 44.5 Å². The summed E-state index contributed by atoms with van der Waals surface area (Å²) >= 11 is 6.86. The number of hydrogen-bond donors (Lipinski definition) is 2. The molecule has 1 spiro atoms. The summed E-state index contributed by atoms with van der Waals surface area (Å²) in [6.07, 6.45) is -1.20. The van der Waals surface area contributed by atoms with E-state index in [1.54, 1.807) is 42.5 Å². The smallest absolute Gasteiger partial charge is 0.311 e. The van der Waals surface area contributed by atoms with Crippen molar-refractivity contribution in [3.8, 4) is 0 Å². The topological polar surface area (TPSA) is 122 Å². The SMILES string of the molecule is O=C(Nc1ccc(N2CCOCC2)cc1)[C@H]1[C@@H](C(=O)O)C2(O[C@H]1c1ccc(Br)c(Br)c1)C(=O)c1ccccc1C2=O. The van der Waals surface area contributed by atoms with E-state index in [0.717, 1.165) is 23.2 Å². The number of nitrogens with one attached hydrogen (secondary N) is 1. The molecule has 0 unspecified atom stereocenters. The Kier molecular flexibility index (Phi) is 7.31. The zero-order chi connectivity index (χ0) is 28.9. The maximum atomic E-state index is 14.0. The summed E-state index contributed by atoms with van der Waals surface area (Å²) in [5, 5.41) is 13.3. The third kappa shape index (κ3) is 4.61. The first-order valence-corrected chi connectivity index (χ1v) is 14.6. The summed E-state index contributed by atoms with van der Waals surface area (Å²) in [7, 11) is 0. The molecule has 3 aromatic carbocycles. The Balaban J connectivity index is 1.39. The summed E-state index contributed by atoms with van der Waals surface area (Å²) in [5.74, 6) is -6.82. The lowest BCUT2D eigenvalue weighted by atomic mass is 9.75. The monoisotopic (exact) mass is 682 g/mol. The van der Waals surface area contributed by atoms with Gasteiger partial charge in [0.2, 0.25) is 23.1 Å². The fourth-order valence-corrected chi connectivity index (χ4v) is 6.57. The van der Waals surface area contributed by atoms with Crippen molar-refractivity contribution in [2.45, 2.75) is 11.7 Å². The van der Waals surface area contributed by atoms with E-state index in [9.17, 15) is 24.3 Å². The summed E-state index contributed by atoms with van der Waals surface area (Å²) in [5.41, 5.74) is -0.348. The van der Waals surface area contributed by atoms with Crippen molar-refractivity contribution in [2.24, 2.45) is 11.8 Å². The number of amides is 1. The maximum absolute atomic E-state index is 14.0. The number of fused-ring (bicyclic) bond motifs is 1. The molecule has 210 valence electrons. The molecule has 0 radical (unpaired) electrons. The molecule has 41 heavy (non-hydrogen) atoms. The summed E-state index contributed by atoms with van der Waals surface area (Å²) < 4.78 is 13.0. The molecule has 11 heteroatoms. The quantitative estimate of drug-likeness (QED) is 0.365. The Morgan fingerprint density at radius 3 is 2.12 bits per heavy atom. The normalized spacial score (nSPS) is 23.1. The van der Waals surface area contributed by atoms with Crippen LogP contribution in [-0.4, -0.2) is 60.5 Å². The summed E-state index contributed by atoms with van der Waals surface area (Å²) in [6.45, 7) is 2.77. The molecule has 2 heterocycles. The number of nitrogens with zero attached hydrogens (tertiary/aromatic N) is 1. The number of morpholine rings is 1. The first-order valence-electron chi connectivity index (χ1n) is 13.0. The number of ketones is 2. The highest BCUT2D eigenvalue weighted by Crippen LogP contribution is 2.54. The summed E-state index contributed by atoms with van der Waals surface area (Å²) in [6, 6.07) is 18.4. The van der Waals surface area contributed by atoms with Crippen molar-refractivity contribution >= 4 is 66.7 Å². The third-order valence-corrected chi connectivity index (χ3v) is 9.76. The fourth-order valence-electron chi connectivity index (χ4n) is 5.93. The number of aliphatic carboxylic acids is 1. The number of hydrogen-bond acceptors (Lipinski definition) is 7. The molecule has 0 bridgehead atoms. The molecule has 2 fully saturated rings. The van der Waals surface area contributed by atoms with Crippen LogP contribution in [0.2, 0.25) is 0 Å². The molecule has 3 atom stereocenters. The highest BCUT2D eigenvalue weighted by Gasteiger charge is 2.71. The number of anilines is 2. The predicted octanol–water partition coefficient (Wildman–Crippen LogP) is 4.89. The van der Waals surface area contributed by atoms with Gasteiger partial charge in [-0.2, -0.15) is 0 Å². The van der Waals surface area contributed by atoms with E-state index >= 15 is 0 Å². The van der Waals surface area contributed by atoms with Crippen LogP contribution in [0.4, 0.5) is 11.4 Å². The highest BCUT2D eigenvalue weighted by atomic mass is 79.9. The van der Waals surface area contributed by atoms with Crippen molar-refractivity contribution in [3.63, 3.8) is 0 Å². The molecule has 1 aliphatic carbocycles. The number of rotatable bonds is 5. The van der Waals surface area contributed by atoms with Crippen LogP contribution in [-0.2, 0) is 19.1 Å². The van der Waals surface area contributed by atoms with Gasteiger partial charge in [0.05, 0.1) is 25.2 Å². The van der Waals surface area contributed by atoms with E-state index < -0.39 is 47.0 Å². The molecule has 3 aliphatic rings. The minimum absolute atomic E-state index is 0.0826. The number of halogens is 2. The Morgan fingerprint density at radius 2 is 1.54 bits per heavy atom. The van der Waals surface area contributed by atoms with Crippen molar-refractivity contribution in [3.05, 3.63) is 92.4 Å². The minimum Gasteiger partial charge on any atom is -0.481 e. The molecule has 0 aromatic heterocycles. The second-order valence-corrected chi connectivity index (χ2v) is 11.8. The number of carboxylic acids is 1. The van der Waals surface area contributed by atoms with Crippen LogP contribution in [0.15, 0.2) is 75.7 Å². The number of ether oxygens (including phenoxy) is 2. The predicted molar refractivity (Wildman–Crippen MR) is 156 cm³/mol. The Hall–Kier alpha value is -3.38. The van der Waals surface area contributed by atoms with Crippen LogP contribution in [0.25, 0.3) is 0 Å². The van der Waals surface area contributed by atoms with E-state index in [1.807, 2.05) is 12.1 Å². The van der Waals surface area contributed by atoms with E-state index in [1.165, 1.54) is 12.1 Å². The van der Waals surface area contributed by atoms with Crippen LogP contribution >= 0.6 is 31.9 Å². The largest absolute Gasteiger partial charge is 0.481 e. The van der Waals surface area contributed by atoms with Gasteiger partial charge in [-0.15, -0.1) is 0 Å². The van der Waals surface area contributed by atoms with Gasteiger partial charge in [-0.1, -0.05) is 30.3 Å². The van der Waals surface area contributed by atoms with Crippen LogP contribution < -0.4 is 10.2 Å². The summed E-state index contributed by atoms with van der Waals surface area (Å²) in [4.78, 5) is 56.6. The number of benzene rings is 3. The molecular formula is C30H24Br2N2O7. The lowest BCUT2D eigenvalue weighted by molar-refractivity contribution is -0.147. The molecule has 2 N–H and O–H groups in total. The van der Waals surface area contributed by atoms with E-state index in [4.69, 9.17) is 9.47 Å². The van der Waals surface area contributed by atoms with E-state index in [-0.39, 0.29) is 11.1 Å². The van der Waals surface area contributed by atoms with Crippen molar-refractivity contribution in [1.82, 2.24) is 0 Å². The molecule has 0 saturated carbocycles. The number of carbonyl (C=O) groups excluding carboxylic acids is 3. The second kappa shape index (κ2) is 10.8. The zero-order valence-electron chi connectivity index (χ0n) is 21.5. The Labute approximate surface area is 252 Å². The minimum atomic E-state index is -2.37. The van der Waals surface area contributed by atoms with Gasteiger partial charge in [0.25, 0.3) is 0 Å². The average molecular weight is 684 g/mol. The molecular weight excluding hydrogens is 660 g/mol. The van der Waals surface area contributed by atoms with Gasteiger partial charge in [-0.25, -0.2) is 0 Å². The van der Waals surface area contributed by atoms with Gasteiger partial charge >= 0.3 is 5.97 Å². The van der Waals surface area contributed by atoms with Gasteiger partial charge in [0.1, 0.15) is 5.92 Å². The Morgan fingerprint density at radius 1 is 0.902 bits per heavy atom. The third-order valence-electron chi connectivity index (χ3n) is 7.88. The van der Waals surface area contributed by atoms with Crippen molar-refractivity contribution in [2.75, 3.05) is 36.5 Å². The van der Waals surface area contributed by atoms with Gasteiger partial charge < -0.3 is 24.8 Å². The van der Waals surface area contributed by atoms with Crippen LogP contribution in [0.1, 0.15) is 32.4 Å². The molecule has 6 rings (SSSR count). The number of carboxylic acid groups (broad SMARTS) is 1. The van der Waals surface area contributed by atoms with Gasteiger partial charge in [-0.05, 0) is 73.8 Å². The van der Waals surface area contributed by atoms with Crippen LogP contribution in [0, 0.1) is 11.8 Å². The molecule has 1 amide bonds. The van der Waals surface area contributed by atoms with Crippen molar-refractivity contribution in [1.29, 1.82) is 0 Å². The lowest BCUT2D eigenvalue weighted by Gasteiger charge is -2.29. The average Bonchev–Trinajstić information content (AvgIpc) is 3.45. The zero-order valence-corrected chi connectivity index (χ0v) is 24.7. The standard InChI is InChI=1S/C30H24Br2N2O7/c31-21-10-5-16(15-22(21)32)25-23(28(37)33-17-6-8-18(9-7-17)34-11-13-40-14-12-34)24(29(38)39)30(41-25)26(35)19-3-1-2-4-20(19)27(30)36/h1-10,15,23-25H,11-14H2,(H,33,37)(H,38,39)/t23-,24-,25-/m0/s1. The van der Waals surface area contributed by atoms with Crippen LogP contribution in [0.3, 0.4) is 0 Å². The van der Waals surface area contributed by atoms with Gasteiger partial charge in [-0.3, -0.25) is 19.2 Å². The Bertz CT molecular complexity index is 1530. The molecule has 9 nitrogen and oxygen atoms in total. The van der Waals surface area contributed by atoms with E-state index in [2.05, 4.69) is 42.1 Å². The highest BCUT2D eigenvalue weighted by molar-refractivity contribution is 9.13. The lowest BCUT2D eigenvalue weighted by Crippen LogP contribution is -2.52. The van der Waals surface area contributed by atoms with Crippen molar-refractivity contribution < 1.29 is 33.8 Å². The van der Waals surface area contributed by atoms with E-state index in [0.29, 0.717) is 28.9 Å². The molecule has 2 aliphatic heterocycles. The molecule has 2 saturated heterocycles. The number of Topliss-reactive ketones (excluding diaryl/α,β-unsaturated/α-hetero) is 2. The van der Waals surface area contributed by atoms with Gasteiger partial charge in [0.15, 0.2) is 0 Å². The first-order chi connectivity index (χ1) is 19.7.